The summed E-state index contributed by atoms with van der Waals surface area (Å²) < 4.78 is 30.8. The molecule has 1 heterocycles. The van der Waals surface area contributed by atoms with Gasteiger partial charge in [-0.15, -0.1) is 0 Å². The van der Waals surface area contributed by atoms with Crippen molar-refractivity contribution in [3.05, 3.63) is 65.7 Å². The summed E-state index contributed by atoms with van der Waals surface area (Å²) in [4.78, 5) is 0. The van der Waals surface area contributed by atoms with Gasteiger partial charge in [0, 0.05) is 12.0 Å². The number of sulfonamides is 1. The van der Waals surface area contributed by atoms with Crippen LogP contribution in [0.15, 0.2) is 59.7 Å². The zero-order chi connectivity index (χ0) is 16.4. The molecular formula is C17H18N2O3S. The van der Waals surface area contributed by atoms with Gasteiger partial charge in [-0.25, -0.2) is 8.42 Å². The van der Waals surface area contributed by atoms with E-state index in [0.717, 1.165) is 11.1 Å². The van der Waals surface area contributed by atoms with Crippen molar-refractivity contribution in [2.75, 3.05) is 13.4 Å². The highest BCUT2D eigenvalue weighted by molar-refractivity contribution is 7.88. The van der Waals surface area contributed by atoms with Crippen LogP contribution in [0, 0.1) is 0 Å². The van der Waals surface area contributed by atoms with Gasteiger partial charge in [-0.2, -0.15) is 9.52 Å². The first-order chi connectivity index (χ1) is 11.0. The largest absolute Gasteiger partial charge is 0.496 e. The van der Waals surface area contributed by atoms with Gasteiger partial charge < -0.3 is 4.74 Å². The fourth-order valence-electron chi connectivity index (χ4n) is 2.76. The molecule has 0 aliphatic carbocycles. The Labute approximate surface area is 136 Å². The van der Waals surface area contributed by atoms with Crippen LogP contribution in [-0.4, -0.2) is 31.9 Å². The molecule has 120 valence electrons. The predicted molar refractivity (Wildman–Crippen MR) is 90.0 cm³/mol. The number of benzene rings is 2. The zero-order valence-corrected chi connectivity index (χ0v) is 13.8. The number of hydrogen-bond acceptors (Lipinski definition) is 4. The second-order valence-corrected chi connectivity index (χ2v) is 7.25. The van der Waals surface area contributed by atoms with Crippen LogP contribution < -0.4 is 4.74 Å². The van der Waals surface area contributed by atoms with E-state index in [1.807, 2.05) is 54.6 Å². The molecule has 2 aromatic rings. The van der Waals surface area contributed by atoms with Crippen molar-refractivity contribution in [3.8, 4) is 5.75 Å². The SMILES string of the molecule is COc1ccccc1C1=NN(S(C)(=O)=O)[C@H](c2ccccc2)C1. The number of nitrogens with zero attached hydrogens (tertiary/aromatic N) is 2. The van der Waals surface area contributed by atoms with Crippen LogP contribution in [0.5, 0.6) is 5.75 Å². The lowest BCUT2D eigenvalue weighted by molar-refractivity contribution is 0.375. The molecule has 1 atom stereocenters. The third-order valence-corrected chi connectivity index (χ3v) is 4.83. The number of hydrogen-bond donors (Lipinski definition) is 0. The molecule has 6 heteroatoms. The third kappa shape index (κ3) is 3.07. The van der Waals surface area contributed by atoms with Crippen LogP contribution in [-0.2, 0) is 10.0 Å². The molecule has 0 fully saturated rings. The average molecular weight is 330 g/mol. The molecule has 0 spiro atoms. The lowest BCUT2D eigenvalue weighted by Crippen LogP contribution is -2.25. The molecule has 0 N–H and O–H groups in total. The Morgan fingerprint density at radius 3 is 2.39 bits per heavy atom. The van der Waals surface area contributed by atoms with Gasteiger partial charge in [0.1, 0.15) is 5.75 Å². The van der Waals surface area contributed by atoms with Crippen molar-refractivity contribution < 1.29 is 13.2 Å². The lowest BCUT2D eigenvalue weighted by Gasteiger charge is -2.21. The summed E-state index contributed by atoms with van der Waals surface area (Å²) in [7, 11) is -1.86. The maximum atomic E-state index is 12.1. The van der Waals surface area contributed by atoms with Crippen molar-refractivity contribution in [1.82, 2.24) is 4.41 Å². The molecule has 1 aliphatic heterocycles. The Kier molecular flexibility index (Phi) is 4.09. The van der Waals surface area contributed by atoms with Crippen LogP contribution in [0.4, 0.5) is 0 Å². The maximum absolute atomic E-state index is 12.1. The molecule has 23 heavy (non-hydrogen) atoms. The lowest BCUT2D eigenvalue weighted by atomic mass is 9.99. The van der Waals surface area contributed by atoms with Crippen LogP contribution >= 0.6 is 0 Å². The van der Waals surface area contributed by atoms with Crippen molar-refractivity contribution >= 4 is 15.7 Å². The van der Waals surface area contributed by atoms with Gasteiger partial charge in [0.25, 0.3) is 0 Å². The fourth-order valence-corrected chi connectivity index (χ4v) is 3.67. The van der Waals surface area contributed by atoms with E-state index in [9.17, 15) is 8.42 Å². The molecule has 0 bridgehead atoms. The second kappa shape index (κ2) is 6.04. The molecule has 0 saturated carbocycles. The summed E-state index contributed by atoms with van der Waals surface area (Å²) in [5.41, 5.74) is 2.45. The molecule has 3 rings (SSSR count). The molecule has 0 radical (unpaired) electrons. The molecule has 0 amide bonds. The van der Waals surface area contributed by atoms with Gasteiger partial charge in [-0.1, -0.05) is 42.5 Å². The van der Waals surface area contributed by atoms with Crippen LogP contribution in [0.2, 0.25) is 0 Å². The summed E-state index contributed by atoms with van der Waals surface area (Å²) in [6.45, 7) is 0. The summed E-state index contributed by atoms with van der Waals surface area (Å²) in [6.07, 6.45) is 1.69. The zero-order valence-electron chi connectivity index (χ0n) is 13.0. The van der Waals surface area contributed by atoms with Crippen molar-refractivity contribution in [1.29, 1.82) is 0 Å². The third-order valence-electron chi connectivity index (χ3n) is 3.81. The number of methoxy groups -OCH3 is 1. The molecule has 2 aromatic carbocycles. The van der Waals surface area contributed by atoms with E-state index in [1.165, 1.54) is 10.7 Å². The van der Waals surface area contributed by atoms with E-state index >= 15 is 0 Å². The van der Waals surface area contributed by atoms with Crippen LogP contribution in [0.3, 0.4) is 0 Å². The maximum Gasteiger partial charge on any atom is 0.247 e. The first-order valence-corrected chi connectivity index (χ1v) is 9.11. The van der Waals surface area contributed by atoms with Gasteiger partial charge in [0.15, 0.2) is 0 Å². The highest BCUT2D eigenvalue weighted by Gasteiger charge is 2.35. The van der Waals surface area contributed by atoms with Gasteiger partial charge in [0.05, 0.1) is 25.1 Å². The van der Waals surface area contributed by atoms with E-state index < -0.39 is 10.0 Å². The Hall–Kier alpha value is -2.34. The summed E-state index contributed by atoms with van der Waals surface area (Å²) >= 11 is 0. The Morgan fingerprint density at radius 1 is 1.09 bits per heavy atom. The minimum atomic E-state index is -3.46. The normalized spacial score (nSPS) is 17.9. The van der Waals surface area contributed by atoms with E-state index in [1.54, 1.807) is 7.11 Å². The van der Waals surface area contributed by atoms with E-state index in [0.29, 0.717) is 17.9 Å². The molecule has 0 aromatic heterocycles. The first kappa shape index (κ1) is 15.6. The monoisotopic (exact) mass is 330 g/mol. The van der Waals surface area contributed by atoms with E-state index in [4.69, 9.17) is 4.74 Å². The van der Waals surface area contributed by atoms with Gasteiger partial charge in [0.2, 0.25) is 10.0 Å². The van der Waals surface area contributed by atoms with Gasteiger partial charge >= 0.3 is 0 Å². The fraction of sp³-hybridized carbons (Fsp3) is 0.235. The Morgan fingerprint density at radius 2 is 1.74 bits per heavy atom. The number of hydrazone groups is 1. The van der Waals surface area contributed by atoms with Crippen LogP contribution in [0.25, 0.3) is 0 Å². The molecular weight excluding hydrogens is 312 g/mol. The Balaban J connectivity index is 2.04. The van der Waals surface area contributed by atoms with Crippen molar-refractivity contribution in [2.24, 2.45) is 5.10 Å². The summed E-state index contributed by atoms with van der Waals surface area (Å²) in [5.74, 6) is 0.688. The standard InChI is InChI=1S/C17H18N2O3S/c1-22-17-11-7-6-10-14(17)15-12-16(13-8-4-3-5-9-13)19(18-15)23(2,20)21/h3-11,16H,12H2,1-2H3/t16-/m0/s1. The highest BCUT2D eigenvalue weighted by Crippen LogP contribution is 2.36. The number of para-hydroxylation sites is 1. The molecule has 5 nitrogen and oxygen atoms in total. The molecule has 0 saturated heterocycles. The van der Waals surface area contributed by atoms with E-state index in [-0.39, 0.29) is 6.04 Å². The highest BCUT2D eigenvalue weighted by atomic mass is 32.2. The number of rotatable bonds is 4. The summed E-state index contributed by atoms with van der Waals surface area (Å²) in [6, 6.07) is 16.7. The second-order valence-electron chi connectivity index (χ2n) is 5.41. The van der Waals surface area contributed by atoms with Gasteiger partial charge in [-0.3, -0.25) is 0 Å². The smallest absolute Gasteiger partial charge is 0.247 e. The minimum Gasteiger partial charge on any atom is -0.496 e. The minimum absolute atomic E-state index is 0.328. The average Bonchev–Trinajstić information content (AvgIpc) is 3.01. The van der Waals surface area contributed by atoms with Crippen molar-refractivity contribution in [2.45, 2.75) is 12.5 Å². The Bertz CT molecular complexity index is 832. The first-order valence-electron chi connectivity index (χ1n) is 7.26. The van der Waals surface area contributed by atoms with Gasteiger partial charge in [-0.05, 0) is 17.7 Å². The quantitative estimate of drug-likeness (QED) is 0.866. The summed E-state index contributed by atoms with van der Waals surface area (Å²) in [5, 5.41) is 4.38. The van der Waals surface area contributed by atoms with Crippen LogP contribution in [0.1, 0.15) is 23.6 Å². The predicted octanol–water partition coefficient (Wildman–Crippen LogP) is 2.81. The number of ether oxygens (including phenoxy) is 1. The van der Waals surface area contributed by atoms with E-state index in [2.05, 4.69) is 5.10 Å². The van der Waals surface area contributed by atoms with Crippen molar-refractivity contribution in [3.63, 3.8) is 0 Å². The topological polar surface area (TPSA) is 59.0 Å². The molecule has 1 aliphatic rings. The molecule has 0 unspecified atom stereocenters.